The number of aryl methyl sites for hydroxylation is 1. The highest BCUT2D eigenvalue weighted by atomic mass is 14.5. The molecule has 0 saturated carbocycles. The molecule has 0 aliphatic rings. The maximum absolute atomic E-state index is 5.38. The molecule has 0 spiro atoms. The first-order chi connectivity index (χ1) is 6.35. The van der Waals surface area contributed by atoms with Gasteiger partial charge in [0.25, 0.3) is 0 Å². The van der Waals surface area contributed by atoms with Crippen molar-refractivity contribution in [2.75, 3.05) is 13.1 Å². The number of nitrogens with two attached hydrogens (primary N) is 2. The van der Waals surface area contributed by atoms with Crippen LogP contribution in [0.5, 0.6) is 0 Å². The van der Waals surface area contributed by atoms with Crippen LogP contribution in [-0.2, 0) is 6.42 Å². The fraction of sp³-hybridized carbons (Fsp3) is 0.455. The molecule has 0 amide bonds. The molecule has 0 atom stereocenters. The summed E-state index contributed by atoms with van der Waals surface area (Å²) in [7, 11) is 0. The predicted octanol–water partition coefficient (Wildman–Crippen LogP) is 1.54. The summed E-state index contributed by atoms with van der Waals surface area (Å²) >= 11 is 0. The zero-order chi connectivity index (χ0) is 9.94. The van der Waals surface area contributed by atoms with Crippen molar-refractivity contribution in [2.45, 2.75) is 19.8 Å². The normalized spacial score (nSPS) is 8.85. The van der Waals surface area contributed by atoms with Crippen LogP contribution in [0.15, 0.2) is 30.3 Å². The zero-order valence-corrected chi connectivity index (χ0v) is 8.37. The highest BCUT2D eigenvalue weighted by Crippen LogP contribution is 2.00. The van der Waals surface area contributed by atoms with Gasteiger partial charge in [-0.25, -0.2) is 0 Å². The van der Waals surface area contributed by atoms with E-state index in [0.717, 1.165) is 25.9 Å². The van der Waals surface area contributed by atoms with Crippen LogP contribution in [0.4, 0.5) is 0 Å². The van der Waals surface area contributed by atoms with Crippen molar-refractivity contribution in [3.05, 3.63) is 35.9 Å². The Kier molecular flexibility index (Phi) is 8.62. The average Bonchev–Trinajstić information content (AvgIpc) is 2.18. The Bertz CT molecular complexity index is 185. The molecular formula is C11H20N2. The summed E-state index contributed by atoms with van der Waals surface area (Å²) < 4.78 is 0. The Morgan fingerprint density at radius 2 is 1.62 bits per heavy atom. The molecule has 1 aromatic carbocycles. The van der Waals surface area contributed by atoms with Crippen LogP contribution in [0.25, 0.3) is 0 Å². The second-order valence-electron chi connectivity index (χ2n) is 2.79. The van der Waals surface area contributed by atoms with E-state index in [9.17, 15) is 0 Å². The second-order valence-corrected chi connectivity index (χ2v) is 2.79. The van der Waals surface area contributed by atoms with Gasteiger partial charge in [0.1, 0.15) is 0 Å². The van der Waals surface area contributed by atoms with Crippen molar-refractivity contribution >= 4 is 0 Å². The molecule has 4 N–H and O–H groups in total. The highest BCUT2D eigenvalue weighted by molar-refractivity contribution is 5.14. The lowest BCUT2D eigenvalue weighted by molar-refractivity contribution is 0.833. The third kappa shape index (κ3) is 7.50. The third-order valence-electron chi connectivity index (χ3n) is 1.51. The highest BCUT2D eigenvalue weighted by Gasteiger charge is 1.87. The summed E-state index contributed by atoms with van der Waals surface area (Å²) in [6.07, 6.45) is 2.20. The topological polar surface area (TPSA) is 52.0 Å². The van der Waals surface area contributed by atoms with E-state index in [-0.39, 0.29) is 0 Å². The van der Waals surface area contributed by atoms with Crippen molar-refractivity contribution in [2.24, 2.45) is 11.5 Å². The average molecular weight is 180 g/mol. The van der Waals surface area contributed by atoms with Crippen LogP contribution in [0.2, 0.25) is 0 Å². The smallest absolute Gasteiger partial charge is 0.00741 e. The van der Waals surface area contributed by atoms with Crippen molar-refractivity contribution in [3.8, 4) is 0 Å². The van der Waals surface area contributed by atoms with Gasteiger partial charge in [-0.1, -0.05) is 37.3 Å². The Morgan fingerprint density at radius 1 is 1.08 bits per heavy atom. The van der Waals surface area contributed by atoms with Crippen LogP contribution in [0, 0.1) is 0 Å². The molecule has 0 heterocycles. The lowest BCUT2D eigenvalue weighted by Crippen LogP contribution is -1.99. The standard InChI is InChI=1S/C9H13N.C2H7N/c10-8-4-7-9-5-2-1-3-6-9;1-2-3/h1-3,5-6H,4,7-8,10H2;2-3H2,1H3. The van der Waals surface area contributed by atoms with Gasteiger partial charge in [0.15, 0.2) is 0 Å². The minimum absolute atomic E-state index is 0.750. The monoisotopic (exact) mass is 180 g/mol. The first-order valence-electron chi connectivity index (χ1n) is 4.79. The first-order valence-corrected chi connectivity index (χ1v) is 4.79. The van der Waals surface area contributed by atoms with Crippen LogP contribution in [-0.4, -0.2) is 13.1 Å². The number of hydrogen-bond acceptors (Lipinski definition) is 2. The maximum atomic E-state index is 5.38. The number of hydrogen-bond donors (Lipinski definition) is 2. The fourth-order valence-electron chi connectivity index (χ4n) is 0.951. The van der Waals surface area contributed by atoms with Gasteiger partial charge in [-0.2, -0.15) is 0 Å². The molecule has 2 nitrogen and oxygen atoms in total. The molecule has 0 unspecified atom stereocenters. The molecule has 0 saturated heterocycles. The lowest BCUT2D eigenvalue weighted by Gasteiger charge is -1.96. The molecule has 74 valence electrons. The molecule has 0 fully saturated rings. The van der Waals surface area contributed by atoms with Gasteiger partial charge < -0.3 is 11.5 Å². The van der Waals surface area contributed by atoms with Gasteiger partial charge in [-0.3, -0.25) is 0 Å². The fourth-order valence-corrected chi connectivity index (χ4v) is 0.951. The number of rotatable bonds is 3. The Balaban J connectivity index is 0.000000424. The SMILES string of the molecule is CCN.NCCCc1ccccc1. The minimum Gasteiger partial charge on any atom is -0.331 e. The number of benzene rings is 1. The Labute approximate surface area is 80.9 Å². The van der Waals surface area contributed by atoms with Crippen LogP contribution in [0.3, 0.4) is 0 Å². The molecule has 0 aromatic heterocycles. The van der Waals surface area contributed by atoms with Crippen molar-refractivity contribution in [1.29, 1.82) is 0 Å². The van der Waals surface area contributed by atoms with E-state index in [0.29, 0.717) is 0 Å². The zero-order valence-electron chi connectivity index (χ0n) is 8.37. The van der Waals surface area contributed by atoms with E-state index in [1.54, 1.807) is 0 Å². The largest absolute Gasteiger partial charge is 0.331 e. The predicted molar refractivity (Wildman–Crippen MR) is 58.5 cm³/mol. The minimum atomic E-state index is 0.750. The van der Waals surface area contributed by atoms with Crippen molar-refractivity contribution in [3.63, 3.8) is 0 Å². The molecule has 2 heteroatoms. The molecule has 0 radical (unpaired) electrons. The first kappa shape index (κ1) is 12.1. The molecular weight excluding hydrogens is 160 g/mol. The van der Waals surface area contributed by atoms with Gasteiger partial charge in [-0.15, -0.1) is 0 Å². The van der Waals surface area contributed by atoms with Crippen molar-refractivity contribution < 1.29 is 0 Å². The molecule has 1 aromatic rings. The molecule has 0 bridgehead atoms. The summed E-state index contributed by atoms with van der Waals surface area (Å²) in [6, 6.07) is 10.4. The van der Waals surface area contributed by atoms with Gasteiger partial charge in [0, 0.05) is 0 Å². The van der Waals surface area contributed by atoms with E-state index < -0.39 is 0 Å². The summed E-state index contributed by atoms with van der Waals surface area (Å²) in [6.45, 7) is 3.44. The summed E-state index contributed by atoms with van der Waals surface area (Å²) in [5.41, 5.74) is 11.6. The van der Waals surface area contributed by atoms with E-state index in [1.807, 2.05) is 13.0 Å². The van der Waals surface area contributed by atoms with E-state index in [1.165, 1.54) is 5.56 Å². The van der Waals surface area contributed by atoms with Gasteiger partial charge >= 0.3 is 0 Å². The van der Waals surface area contributed by atoms with Crippen LogP contribution >= 0.6 is 0 Å². The van der Waals surface area contributed by atoms with Gasteiger partial charge in [0.2, 0.25) is 0 Å². The summed E-state index contributed by atoms with van der Waals surface area (Å²) in [4.78, 5) is 0. The van der Waals surface area contributed by atoms with E-state index in [2.05, 4.69) is 24.3 Å². The van der Waals surface area contributed by atoms with Crippen LogP contribution in [0.1, 0.15) is 18.9 Å². The Hall–Kier alpha value is -0.860. The van der Waals surface area contributed by atoms with E-state index in [4.69, 9.17) is 11.5 Å². The summed E-state index contributed by atoms with van der Waals surface area (Å²) in [5.74, 6) is 0. The molecule has 13 heavy (non-hydrogen) atoms. The molecule has 0 aliphatic heterocycles. The molecule has 1 rings (SSSR count). The van der Waals surface area contributed by atoms with Crippen molar-refractivity contribution in [1.82, 2.24) is 0 Å². The van der Waals surface area contributed by atoms with Gasteiger partial charge in [-0.05, 0) is 31.5 Å². The maximum Gasteiger partial charge on any atom is -0.00741 e. The van der Waals surface area contributed by atoms with Crippen LogP contribution < -0.4 is 11.5 Å². The van der Waals surface area contributed by atoms with Gasteiger partial charge in [0.05, 0.1) is 0 Å². The lowest BCUT2D eigenvalue weighted by atomic mass is 10.1. The third-order valence-corrected chi connectivity index (χ3v) is 1.51. The van der Waals surface area contributed by atoms with E-state index >= 15 is 0 Å². The summed E-state index contributed by atoms with van der Waals surface area (Å²) in [5, 5.41) is 0. The Morgan fingerprint density at radius 3 is 2.08 bits per heavy atom. The quantitative estimate of drug-likeness (QED) is 0.741. The molecule has 0 aliphatic carbocycles. The second kappa shape index (κ2) is 9.23.